The van der Waals surface area contributed by atoms with Gasteiger partial charge in [0.25, 0.3) is 0 Å². The second kappa shape index (κ2) is 6.31. The average Bonchev–Trinajstić information content (AvgIpc) is 2.78. The van der Waals surface area contributed by atoms with E-state index in [1.54, 1.807) is 0 Å². The first kappa shape index (κ1) is 12.8. The number of benzene rings is 1. The van der Waals surface area contributed by atoms with E-state index in [9.17, 15) is 0 Å². The number of aromatic nitrogens is 3. The van der Waals surface area contributed by atoms with Crippen molar-refractivity contribution in [1.29, 1.82) is 0 Å². The van der Waals surface area contributed by atoms with Gasteiger partial charge in [-0.15, -0.1) is 5.10 Å². The van der Waals surface area contributed by atoms with E-state index in [1.807, 2.05) is 16.9 Å². The Morgan fingerprint density at radius 1 is 1.28 bits per heavy atom. The predicted molar refractivity (Wildman–Crippen MR) is 70.1 cm³/mol. The molecule has 1 heterocycles. The Morgan fingerprint density at radius 3 is 2.78 bits per heavy atom. The fourth-order valence-corrected chi connectivity index (χ4v) is 2.06. The van der Waals surface area contributed by atoms with Gasteiger partial charge < -0.3 is 5.11 Å². The Morgan fingerprint density at radius 2 is 2.06 bits per heavy atom. The van der Waals surface area contributed by atoms with Gasteiger partial charge in [-0.3, -0.25) is 4.68 Å². The van der Waals surface area contributed by atoms with E-state index in [0.29, 0.717) is 12.3 Å². The van der Waals surface area contributed by atoms with Gasteiger partial charge in [0.15, 0.2) is 0 Å². The summed E-state index contributed by atoms with van der Waals surface area (Å²) < 4.78 is 1.86. The highest BCUT2D eigenvalue weighted by molar-refractivity contribution is 5.15. The van der Waals surface area contributed by atoms with Crippen LogP contribution in [0.4, 0.5) is 0 Å². The van der Waals surface area contributed by atoms with Crippen molar-refractivity contribution in [2.45, 2.75) is 26.3 Å². The molecule has 0 amide bonds. The summed E-state index contributed by atoms with van der Waals surface area (Å²) in [7, 11) is 0. The summed E-state index contributed by atoms with van der Waals surface area (Å²) in [6.07, 6.45) is 3.53. The molecule has 1 aromatic heterocycles. The highest BCUT2D eigenvalue weighted by Gasteiger charge is 2.07. The predicted octanol–water partition coefficient (Wildman–Crippen LogP) is 1.69. The lowest BCUT2D eigenvalue weighted by Gasteiger charge is -2.10. The van der Waals surface area contributed by atoms with Crippen molar-refractivity contribution in [3.8, 4) is 0 Å². The molecule has 1 unspecified atom stereocenters. The highest BCUT2D eigenvalue weighted by Crippen LogP contribution is 2.10. The van der Waals surface area contributed by atoms with E-state index in [2.05, 4.69) is 41.5 Å². The highest BCUT2D eigenvalue weighted by atomic mass is 16.3. The van der Waals surface area contributed by atoms with Crippen LogP contribution in [-0.4, -0.2) is 26.7 Å². The maximum atomic E-state index is 8.83. The molecular weight excluding hydrogens is 226 g/mol. The van der Waals surface area contributed by atoms with E-state index >= 15 is 0 Å². The van der Waals surface area contributed by atoms with Crippen LogP contribution in [0.5, 0.6) is 0 Å². The van der Waals surface area contributed by atoms with E-state index in [1.165, 1.54) is 5.56 Å². The molecule has 2 aromatic rings. The molecule has 0 bridgehead atoms. The van der Waals surface area contributed by atoms with Crippen LogP contribution in [0.2, 0.25) is 0 Å². The maximum Gasteiger partial charge on any atom is 0.0849 e. The lowest BCUT2D eigenvalue weighted by molar-refractivity contribution is 0.298. The number of aliphatic hydroxyl groups is 1. The zero-order valence-corrected chi connectivity index (χ0v) is 10.7. The summed E-state index contributed by atoms with van der Waals surface area (Å²) >= 11 is 0. The van der Waals surface area contributed by atoms with Crippen molar-refractivity contribution in [1.82, 2.24) is 15.0 Å². The average molecular weight is 245 g/mol. The molecule has 4 heteroatoms. The van der Waals surface area contributed by atoms with Crippen molar-refractivity contribution >= 4 is 0 Å². The molecule has 0 saturated carbocycles. The van der Waals surface area contributed by atoms with Crippen LogP contribution < -0.4 is 0 Å². The van der Waals surface area contributed by atoms with Crippen LogP contribution in [0.15, 0.2) is 36.5 Å². The van der Waals surface area contributed by atoms with E-state index in [4.69, 9.17) is 5.11 Å². The second-order valence-corrected chi connectivity index (χ2v) is 4.70. The monoisotopic (exact) mass is 245 g/mol. The number of hydrogen-bond acceptors (Lipinski definition) is 3. The summed E-state index contributed by atoms with van der Waals surface area (Å²) in [6.45, 7) is 3.19. The van der Waals surface area contributed by atoms with Crippen molar-refractivity contribution in [2.75, 3.05) is 6.61 Å². The molecule has 1 N–H and O–H groups in total. The van der Waals surface area contributed by atoms with Gasteiger partial charge in [0.05, 0.1) is 5.69 Å². The molecule has 0 spiro atoms. The molecule has 0 aliphatic rings. The van der Waals surface area contributed by atoms with E-state index in [0.717, 1.165) is 18.7 Å². The van der Waals surface area contributed by atoms with Gasteiger partial charge >= 0.3 is 0 Å². The summed E-state index contributed by atoms with van der Waals surface area (Å²) in [4.78, 5) is 0. The molecule has 1 aromatic carbocycles. The van der Waals surface area contributed by atoms with Gasteiger partial charge in [-0.25, -0.2) is 0 Å². The minimum atomic E-state index is 0.123. The molecule has 18 heavy (non-hydrogen) atoms. The normalized spacial score (nSPS) is 12.6. The van der Waals surface area contributed by atoms with Gasteiger partial charge in [-0.1, -0.05) is 42.5 Å². The zero-order chi connectivity index (χ0) is 12.8. The van der Waals surface area contributed by atoms with Crippen LogP contribution in [0.3, 0.4) is 0 Å². The smallest absolute Gasteiger partial charge is 0.0849 e. The van der Waals surface area contributed by atoms with Gasteiger partial charge in [-0.2, -0.15) is 0 Å². The summed E-state index contributed by atoms with van der Waals surface area (Å²) in [5.74, 6) is 0.510. The maximum absolute atomic E-state index is 8.83. The summed E-state index contributed by atoms with van der Waals surface area (Å²) in [5, 5.41) is 16.9. The quantitative estimate of drug-likeness (QED) is 0.842. The zero-order valence-electron chi connectivity index (χ0n) is 10.7. The Hall–Kier alpha value is -1.68. The van der Waals surface area contributed by atoms with Crippen LogP contribution in [0.1, 0.15) is 18.2 Å². The third-order valence-electron chi connectivity index (χ3n) is 2.88. The fraction of sp³-hybridized carbons (Fsp3) is 0.429. The minimum absolute atomic E-state index is 0.123. The summed E-state index contributed by atoms with van der Waals surface area (Å²) in [6, 6.07) is 10.5. The fourth-order valence-electron chi connectivity index (χ4n) is 2.06. The first-order valence-electron chi connectivity index (χ1n) is 6.31. The van der Waals surface area contributed by atoms with E-state index in [-0.39, 0.29) is 6.61 Å². The number of aliphatic hydroxyl groups excluding tert-OH is 1. The SMILES string of the molecule is CC(Cc1ccccc1)Cn1cc(CCO)nn1. The van der Waals surface area contributed by atoms with Crippen LogP contribution in [0.25, 0.3) is 0 Å². The second-order valence-electron chi connectivity index (χ2n) is 4.70. The largest absolute Gasteiger partial charge is 0.396 e. The van der Waals surface area contributed by atoms with Gasteiger partial charge in [0, 0.05) is 25.8 Å². The Kier molecular flexibility index (Phi) is 4.47. The molecule has 0 aliphatic heterocycles. The Bertz CT molecular complexity index is 467. The van der Waals surface area contributed by atoms with Crippen LogP contribution in [0, 0.1) is 5.92 Å². The van der Waals surface area contributed by atoms with Gasteiger partial charge in [0.2, 0.25) is 0 Å². The Labute approximate surface area is 107 Å². The molecule has 0 aliphatic carbocycles. The first-order chi connectivity index (χ1) is 8.78. The van der Waals surface area contributed by atoms with Crippen LogP contribution in [-0.2, 0) is 19.4 Å². The first-order valence-corrected chi connectivity index (χ1v) is 6.31. The standard InChI is InChI=1S/C14H19N3O/c1-12(9-13-5-3-2-4-6-13)10-17-11-14(7-8-18)15-16-17/h2-6,11-12,18H,7-10H2,1H3. The van der Waals surface area contributed by atoms with Gasteiger partial charge in [0.1, 0.15) is 0 Å². The van der Waals surface area contributed by atoms with Crippen molar-refractivity contribution < 1.29 is 5.11 Å². The van der Waals surface area contributed by atoms with Crippen molar-refractivity contribution in [2.24, 2.45) is 5.92 Å². The van der Waals surface area contributed by atoms with Crippen molar-refractivity contribution in [3.05, 3.63) is 47.8 Å². The minimum Gasteiger partial charge on any atom is -0.396 e. The topological polar surface area (TPSA) is 50.9 Å². The summed E-state index contributed by atoms with van der Waals surface area (Å²) in [5.41, 5.74) is 2.20. The molecule has 1 atom stereocenters. The van der Waals surface area contributed by atoms with Gasteiger partial charge in [-0.05, 0) is 17.9 Å². The lowest BCUT2D eigenvalue weighted by atomic mass is 10.0. The third-order valence-corrected chi connectivity index (χ3v) is 2.88. The number of rotatable bonds is 6. The molecule has 0 fully saturated rings. The molecule has 0 radical (unpaired) electrons. The lowest BCUT2D eigenvalue weighted by Crippen LogP contribution is -2.10. The number of nitrogens with zero attached hydrogens (tertiary/aromatic N) is 3. The Balaban J connectivity index is 1.88. The van der Waals surface area contributed by atoms with E-state index < -0.39 is 0 Å². The third kappa shape index (κ3) is 3.67. The molecule has 4 nitrogen and oxygen atoms in total. The molecule has 0 saturated heterocycles. The number of hydrogen-bond donors (Lipinski definition) is 1. The molecular formula is C14H19N3O. The van der Waals surface area contributed by atoms with Crippen molar-refractivity contribution in [3.63, 3.8) is 0 Å². The molecule has 2 rings (SSSR count). The van der Waals surface area contributed by atoms with Crippen LogP contribution >= 0.6 is 0 Å². The molecule has 96 valence electrons.